The Balaban J connectivity index is 2.87. The van der Waals surface area contributed by atoms with Gasteiger partial charge in [-0.3, -0.25) is 0 Å². The predicted molar refractivity (Wildman–Crippen MR) is 55.6 cm³/mol. The molecule has 6 heteroatoms. The van der Waals surface area contributed by atoms with Crippen LogP contribution in [0.25, 0.3) is 10.9 Å². The van der Waals surface area contributed by atoms with Crippen LogP contribution in [0, 0.1) is 5.82 Å². The third-order valence-electron chi connectivity index (χ3n) is 2.23. The van der Waals surface area contributed by atoms with Gasteiger partial charge in [0, 0.05) is 5.39 Å². The second kappa shape index (κ2) is 3.82. The molecule has 2 rings (SSSR count). The Morgan fingerprint density at radius 3 is 2.47 bits per heavy atom. The average Bonchev–Trinajstić information content (AvgIpc) is 2.27. The third-order valence-corrected chi connectivity index (χ3v) is 2.23. The number of rotatable bonds is 2. The molecule has 0 unspecified atom stereocenters. The van der Waals surface area contributed by atoms with Gasteiger partial charge in [0.05, 0.1) is 5.56 Å². The first kappa shape index (κ1) is 11.0. The summed E-state index contributed by atoms with van der Waals surface area (Å²) in [6, 6.07) is 5.08. The number of carboxylic acid groups (broad SMARTS) is 2. The maximum atomic E-state index is 13.4. The maximum Gasteiger partial charge on any atom is 0.355 e. The standard InChI is InChI=1S/C11H6FNO4/c12-7-3-1-2-5-4-6(10(14)15)9(11(16)17)13-8(5)7/h1-4H,(H,14,15)(H,16,17). The summed E-state index contributed by atoms with van der Waals surface area (Å²) in [5, 5.41) is 17.9. The average molecular weight is 235 g/mol. The van der Waals surface area contributed by atoms with Crippen molar-refractivity contribution in [3.63, 3.8) is 0 Å². The molecule has 2 N–H and O–H groups in total. The summed E-state index contributed by atoms with van der Waals surface area (Å²) in [5.74, 6) is -3.62. The van der Waals surface area contributed by atoms with E-state index in [0.29, 0.717) is 0 Å². The van der Waals surface area contributed by atoms with Crippen LogP contribution in [0.15, 0.2) is 24.3 Å². The Bertz CT molecular complexity index is 639. The van der Waals surface area contributed by atoms with Gasteiger partial charge in [-0.05, 0) is 12.1 Å². The Labute approximate surface area is 94.1 Å². The lowest BCUT2D eigenvalue weighted by Crippen LogP contribution is -2.11. The first-order chi connectivity index (χ1) is 8.00. The SMILES string of the molecule is O=C(O)c1cc2cccc(F)c2nc1C(=O)O. The molecule has 0 atom stereocenters. The fraction of sp³-hybridized carbons (Fsp3) is 0. The summed E-state index contributed by atoms with van der Waals surface area (Å²) < 4.78 is 13.4. The molecule has 0 fully saturated rings. The van der Waals surface area contributed by atoms with Crippen molar-refractivity contribution < 1.29 is 24.2 Å². The smallest absolute Gasteiger partial charge is 0.355 e. The van der Waals surface area contributed by atoms with Crippen LogP contribution in [0.2, 0.25) is 0 Å². The number of aromatic carboxylic acids is 2. The number of para-hydroxylation sites is 1. The molecule has 0 saturated carbocycles. The molecule has 17 heavy (non-hydrogen) atoms. The quantitative estimate of drug-likeness (QED) is 0.828. The summed E-state index contributed by atoms with van der Waals surface area (Å²) in [5.41, 5.74) is -1.29. The summed E-state index contributed by atoms with van der Waals surface area (Å²) in [4.78, 5) is 25.2. The molecule has 0 aliphatic carbocycles. The van der Waals surface area contributed by atoms with Gasteiger partial charge in [-0.1, -0.05) is 12.1 Å². The van der Waals surface area contributed by atoms with Crippen LogP contribution in [0.4, 0.5) is 4.39 Å². The largest absolute Gasteiger partial charge is 0.478 e. The monoisotopic (exact) mass is 235 g/mol. The highest BCUT2D eigenvalue weighted by atomic mass is 19.1. The molecular formula is C11H6FNO4. The molecule has 0 aliphatic rings. The molecule has 0 spiro atoms. The fourth-order valence-corrected chi connectivity index (χ4v) is 1.49. The summed E-state index contributed by atoms with van der Waals surface area (Å²) in [7, 11) is 0. The molecule has 0 amide bonds. The number of fused-ring (bicyclic) bond motifs is 1. The molecule has 2 aromatic rings. The van der Waals surface area contributed by atoms with E-state index < -0.39 is 29.0 Å². The zero-order valence-electron chi connectivity index (χ0n) is 8.35. The Kier molecular flexibility index (Phi) is 2.47. The van der Waals surface area contributed by atoms with E-state index in [9.17, 15) is 14.0 Å². The third kappa shape index (κ3) is 1.80. The number of hydrogen-bond acceptors (Lipinski definition) is 3. The molecule has 1 heterocycles. The van der Waals surface area contributed by atoms with Crippen molar-refractivity contribution in [2.45, 2.75) is 0 Å². The van der Waals surface area contributed by atoms with Crippen LogP contribution in [0.3, 0.4) is 0 Å². The molecule has 0 bridgehead atoms. The van der Waals surface area contributed by atoms with E-state index in [0.717, 1.165) is 12.1 Å². The minimum Gasteiger partial charge on any atom is -0.478 e. The Hall–Kier alpha value is -2.50. The van der Waals surface area contributed by atoms with E-state index in [2.05, 4.69) is 4.98 Å². The van der Waals surface area contributed by atoms with Gasteiger partial charge in [0.1, 0.15) is 11.3 Å². The van der Waals surface area contributed by atoms with Crippen LogP contribution in [-0.4, -0.2) is 27.1 Å². The van der Waals surface area contributed by atoms with Gasteiger partial charge in [-0.2, -0.15) is 0 Å². The minimum absolute atomic E-state index is 0.157. The molecule has 0 radical (unpaired) electrons. The Morgan fingerprint density at radius 1 is 1.18 bits per heavy atom. The molecule has 1 aromatic heterocycles. The highest BCUT2D eigenvalue weighted by Gasteiger charge is 2.19. The van der Waals surface area contributed by atoms with Crippen LogP contribution >= 0.6 is 0 Å². The van der Waals surface area contributed by atoms with Gasteiger partial charge in [-0.15, -0.1) is 0 Å². The van der Waals surface area contributed by atoms with E-state index in [4.69, 9.17) is 10.2 Å². The van der Waals surface area contributed by atoms with Crippen LogP contribution < -0.4 is 0 Å². The van der Waals surface area contributed by atoms with Gasteiger partial charge in [-0.25, -0.2) is 19.0 Å². The molecule has 0 saturated heterocycles. The second-order valence-electron chi connectivity index (χ2n) is 3.31. The molecular weight excluding hydrogens is 229 g/mol. The number of halogens is 1. The number of carbonyl (C=O) groups is 2. The van der Waals surface area contributed by atoms with Gasteiger partial charge >= 0.3 is 11.9 Å². The number of aromatic nitrogens is 1. The number of nitrogens with zero attached hydrogens (tertiary/aromatic N) is 1. The van der Waals surface area contributed by atoms with Crippen molar-refractivity contribution in [3.8, 4) is 0 Å². The number of hydrogen-bond donors (Lipinski definition) is 2. The lowest BCUT2D eigenvalue weighted by atomic mass is 10.1. The number of pyridine rings is 1. The molecule has 86 valence electrons. The zero-order chi connectivity index (χ0) is 12.6. The van der Waals surface area contributed by atoms with Crippen molar-refractivity contribution in [2.75, 3.05) is 0 Å². The lowest BCUT2D eigenvalue weighted by molar-refractivity contribution is 0.0647. The summed E-state index contributed by atoms with van der Waals surface area (Å²) >= 11 is 0. The molecule has 5 nitrogen and oxygen atoms in total. The number of benzene rings is 1. The maximum absolute atomic E-state index is 13.4. The van der Waals surface area contributed by atoms with Gasteiger partial charge in [0.25, 0.3) is 0 Å². The van der Waals surface area contributed by atoms with Crippen molar-refractivity contribution in [3.05, 3.63) is 41.3 Å². The normalized spacial score (nSPS) is 10.4. The van der Waals surface area contributed by atoms with Crippen molar-refractivity contribution in [2.24, 2.45) is 0 Å². The van der Waals surface area contributed by atoms with E-state index >= 15 is 0 Å². The number of carboxylic acids is 2. The van der Waals surface area contributed by atoms with Crippen molar-refractivity contribution >= 4 is 22.8 Å². The Morgan fingerprint density at radius 2 is 1.88 bits per heavy atom. The first-order valence-electron chi connectivity index (χ1n) is 4.56. The van der Waals surface area contributed by atoms with E-state index in [1.807, 2.05) is 0 Å². The van der Waals surface area contributed by atoms with E-state index in [1.165, 1.54) is 12.1 Å². The van der Waals surface area contributed by atoms with Crippen molar-refractivity contribution in [1.82, 2.24) is 4.98 Å². The molecule has 0 aliphatic heterocycles. The van der Waals surface area contributed by atoms with Gasteiger partial charge < -0.3 is 10.2 Å². The fourth-order valence-electron chi connectivity index (χ4n) is 1.49. The lowest BCUT2D eigenvalue weighted by Gasteiger charge is -2.04. The van der Waals surface area contributed by atoms with Crippen LogP contribution in [0.1, 0.15) is 20.8 Å². The minimum atomic E-state index is -1.51. The van der Waals surface area contributed by atoms with Gasteiger partial charge in [0.15, 0.2) is 5.69 Å². The topological polar surface area (TPSA) is 87.5 Å². The van der Waals surface area contributed by atoms with Crippen LogP contribution in [-0.2, 0) is 0 Å². The predicted octanol–water partition coefficient (Wildman–Crippen LogP) is 1.77. The van der Waals surface area contributed by atoms with Gasteiger partial charge in [0.2, 0.25) is 0 Å². The van der Waals surface area contributed by atoms with Crippen molar-refractivity contribution in [1.29, 1.82) is 0 Å². The van der Waals surface area contributed by atoms with E-state index in [1.54, 1.807) is 0 Å². The summed E-state index contributed by atoms with van der Waals surface area (Å²) in [6.45, 7) is 0. The van der Waals surface area contributed by atoms with E-state index in [-0.39, 0.29) is 10.9 Å². The zero-order valence-corrected chi connectivity index (χ0v) is 8.35. The second-order valence-corrected chi connectivity index (χ2v) is 3.31. The first-order valence-corrected chi connectivity index (χ1v) is 4.56. The van der Waals surface area contributed by atoms with Crippen LogP contribution in [0.5, 0.6) is 0 Å². The highest BCUT2D eigenvalue weighted by Crippen LogP contribution is 2.19. The molecule has 1 aromatic carbocycles. The summed E-state index contributed by atoms with van der Waals surface area (Å²) in [6.07, 6.45) is 0. The highest BCUT2D eigenvalue weighted by molar-refractivity contribution is 6.03.